The fourth-order valence-corrected chi connectivity index (χ4v) is 2.39. The predicted octanol–water partition coefficient (Wildman–Crippen LogP) is 3.39. The molecule has 1 aliphatic carbocycles. The van der Waals surface area contributed by atoms with Crippen molar-refractivity contribution in [2.45, 2.75) is 44.6 Å². The van der Waals surface area contributed by atoms with Crippen molar-refractivity contribution in [3.63, 3.8) is 0 Å². The molecule has 0 aromatic rings. The van der Waals surface area contributed by atoms with E-state index >= 15 is 0 Å². The molecule has 0 bridgehead atoms. The van der Waals surface area contributed by atoms with Gasteiger partial charge in [0.1, 0.15) is 0 Å². The number of nitrogens with one attached hydrogen (secondary N) is 1. The lowest BCUT2D eigenvalue weighted by Crippen LogP contribution is -2.48. The highest BCUT2D eigenvalue weighted by atomic mass is 35.5. The molecule has 0 atom stereocenters. The Morgan fingerprint density at radius 2 is 1.71 bits per heavy atom. The summed E-state index contributed by atoms with van der Waals surface area (Å²) < 4.78 is 0. The standard InChI is InChI=1S/C11H21Cl2N/c1-11(8-12,9-13)14-7-10-5-3-2-4-6-10/h10,14H,2-9H2,1H3. The molecule has 84 valence electrons. The Morgan fingerprint density at radius 3 is 2.21 bits per heavy atom. The second-order valence-corrected chi connectivity index (χ2v) is 5.25. The zero-order valence-electron chi connectivity index (χ0n) is 8.99. The van der Waals surface area contributed by atoms with Crippen molar-refractivity contribution in [2.75, 3.05) is 18.3 Å². The summed E-state index contributed by atoms with van der Waals surface area (Å²) >= 11 is 11.8. The van der Waals surface area contributed by atoms with Crippen LogP contribution in [0.4, 0.5) is 0 Å². The van der Waals surface area contributed by atoms with Gasteiger partial charge in [0, 0.05) is 17.3 Å². The summed E-state index contributed by atoms with van der Waals surface area (Å²) in [5, 5.41) is 3.50. The quantitative estimate of drug-likeness (QED) is 0.724. The van der Waals surface area contributed by atoms with Gasteiger partial charge in [-0.3, -0.25) is 0 Å². The molecule has 1 fully saturated rings. The van der Waals surface area contributed by atoms with Gasteiger partial charge >= 0.3 is 0 Å². The maximum absolute atomic E-state index is 5.88. The van der Waals surface area contributed by atoms with Crippen molar-refractivity contribution >= 4 is 23.2 Å². The average molecular weight is 238 g/mol. The largest absolute Gasteiger partial charge is 0.309 e. The summed E-state index contributed by atoms with van der Waals surface area (Å²) in [6.45, 7) is 3.17. The van der Waals surface area contributed by atoms with E-state index in [2.05, 4.69) is 12.2 Å². The van der Waals surface area contributed by atoms with Gasteiger partial charge in [-0.2, -0.15) is 0 Å². The maximum Gasteiger partial charge on any atom is 0.0425 e. The zero-order valence-corrected chi connectivity index (χ0v) is 10.5. The Labute approximate surface area is 97.5 Å². The Bertz CT molecular complexity index is 151. The van der Waals surface area contributed by atoms with Gasteiger partial charge < -0.3 is 5.32 Å². The number of hydrogen-bond donors (Lipinski definition) is 1. The van der Waals surface area contributed by atoms with Gasteiger partial charge in [-0.05, 0) is 32.2 Å². The van der Waals surface area contributed by atoms with E-state index in [1.165, 1.54) is 32.1 Å². The van der Waals surface area contributed by atoms with Crippen LogP contribution in [0.3, 0.4) is 0 Å². The van der Waals surface area contributed by atoms with Crippen LogP contribution in [0.5, 0.6) is 0 Å². The molecule has 0 aromatic heterocycles. The first kappa shape index (κ1) is 12.6. The molecule has 0 aromatic carbocycles. The molecule has 0 aliphatic heterocycles. The summed E-state index contributed by atoms with van der Waals surface area (Å²) in [7, 11) is 0. The summed E-state index contributed by atoms with van der Waals surface area (Å²) in [4.78, 5) is 0. The van der Waals surface area contributed by atoms with Gasteiger partial charge in [0.2, 0.25) is 0 Å². The van der Waals surface area contributed by atoms with Gasteiger partial charge in [-0.15, -0.1) is 23.2 Å². The van der Waals surface area contributed by atoms with Gasteiger partial charge in [-0.1, -0.05) is 19.3 Å². The third-order valence-corrected chi connectivity index (χ3v) is 4.31. The minimum atomic E-state index is -0.0828. The number of hydrogen-bond acceptors (Lipinski definition) is 1. The lowest BCUT2D eigenvalue weighted by atomic mass is 9.89. The molecule has 1 aliphatic rings. The molecule has 14 heavy (non-hydrogen) atoms. The van der Waals surface area contributed by atoms with E-state index in [0.29, 0.717) is 11.8 Å². The third kappa shape index (κ3) is 3.96. The molecule has 1 rings (SSSR count). The fourth-order valence-electron chi connectivity index (χ4n) is 1.91. The first-order valence-electron chi connectivity index (χ1n) is 5.57. The van der Waals surface area contributed by atoms with Crippen LogP contribution in [0.25, 0.3) is 0 Å². The van der Waals surface area contributed by atoms with Crippen molar-refractivity contribution in [3.05, 3.63) is 0 Å². The van der Waals surface area contributed by atoms with Gasteiger partial charge in [0.15, 0.2) is 0 Å². The van der Waals surface area contributed by atoms with E-state index in [0.717, 1.165) is 12.5 Å². The highest BCUT2D eigenvalue weighted by molar-refractivity contribution is 6.22. The fraction of sp³-hybridized carbons (Fsp3) is 1.00. The summed E-state index contributed by atoms with van der Waals surface area (Å²) in [5.41, 5.74) is -0.0828. The highest BCUT2D eigenvalue weighted by Crippen LogP contribution is 2.23. The van der Waals surface area contributed by atoms with Crippen molar-refractivity contribution in [3.8, 4) is 0 Å². The lowest BCUT2D eigenvalue weighted by molar-refractivity contribution is 0.307. The molecule has 0 unspecified atom stereocenters. The van der Waals surface area contributed by atoms with E-state index in [1.54, 1.807) is 0 Å². The lowest BCUT2D eigenvalue weighted by Gasteiger charge is -2.30. The molecular weight excluding hydrogens is 217 g/mol. The second kappa shape index (κ2) is 6.19. The second-order valence-electron chi connectivity index (χ2n) is 4.71. The van der Waals surface area contributed by atoms with Crippen LogP contribution in [0.1, 0.15) is 39.0 Å². The molecule has 0 spiro atoms. The Kier molecular flexibility index (Phi) is 5.58. The van der Waals surface area contributed by atoms with Gasteiger partial charge in [-0.25, -0.2) is 0 Å². The Morgan fingerprint density at radius 1 is 1.14 bits per heavy atom. The molecular formula is C11H21Cl2N. The van der Waals surface area contributed by atoms with E-state index in [1.807, 2.05) is 0 Å². The zero-order chi connectivity index (χ0) is 10.4. The average Bonchev–Trinajstić information content (AvgIpc) is 2.27. The molecule has 3 heteroatoms. The predicted molar refractivity (Wildman–Crippen MR) is 64.4 cm³/mol. The van der Waals surface area contributed by atoms with Crippen LogP contribution >= 0.6 is 23.2 Å². The molecule has 1 nitrogen and oxygen atoms in total. The molecule has 1 saturated carbocycles. The van der Waals surface area contributed by atoms with Crippen molar-refractivity contribution in [1.29, 1.82) is 0 Å². The third-order valence-electron chi connectivity index (χ3n) is 3.13. The molecule has 0 amide bonds. The number of rotatable bonds is 5. The van der Waals surface area contributed by atoms with E-state index in [9.17, 15) is 0 Å². The number of alkyl halides is 2. The molecule has 0 radical (unpaired) electrons. The monoisotopic (exact) mass is 237 g/mol. The molecule has 0 saturated heterocycles. The summed E-state index contributed by atoms with van der Waals surface area (Å²) in [5.74, 6) is 2.02. The van der Waals surface area contributed by atoms with E-state index < -0.39 is 0 Å². The van der Waals surface area contributed by atoms with Crippen LogP contribution in [0, 0.1) is 5.92 Å². The van der Waals surface area contributed by atoms with Crippen molar-refractivity contribution < 1.29 is 0 Å². The van der Waals surface area contributed by atoms with Crippen molar-refractivity contribution in [1.82, 2.24) is 5.32 Å². The van der Waals surface area contributed by atoms with E-state index in [-0.39, 0.29) is 5.54 Å². The SMILES string of the molecule is CC(CCl)(CCl)NCC1CCCCC1. The minimum Gasteiger partial charge on any atom is -0.309 e. The van der Waals surface area contributed by atoms with Crippen LogP contribution in [0.2, 0.25) is 0 Å². The van der Waals surface area contributed by atoms with Gasteiger partial charge in [0.05, 0.1) is 0 Å². The first-order valence-corrected chi connectivity index (χ1v) is 6.64. The van der Waals surface area contributed by atoms with Crippen LogP contribution in [0.15, 0.2) is 0 Å². The van der Waals surface area contributed by atoms with Crippen LogP contribution < -0.4 is 5.32 Å². The first-order chi connectivity index (χ1) is 6.70. The molecule has 1 N–H and O–H groups in total. The van der Waals surface area contributed by atoms with E-state index in [4.69, 9.17) is 23.2 Å². The van der Waals surface area contributed by atoms with Gasteiger partial charge in [0.25, 0.3) is 0 Å². The smallest absolute Gasteiger partial charge is 0.0425 e. The van der Waals surface area contributed by atoms with Crippen molar-refractivity contribution in [2.24, 2.45) is 5.92 Å². The minimum absolute atomic E-state index is 0.0828. The topological polar surface area (TPSA) is 12.0 Å². The Balaban J connectivity index is 2.23. The summed E-state index contributed by atoms with van der Waals surface area (Å²) in [6, 6.07) is 0. The molecule has 0 heterocycles. The normalized spacial score (nSPS) is 19.9. The maximum atomic E-state index is 5.88. The van der Waals surface area contributed by atoms with Crippen LogP contribution in [-0.4, -0.2) is 23.8 Å². The Hall–Kier alpha value is 0.540. The number of halogens is 2. The van der Waals surface area contributed by atoms with Crippen LogP contribution in [-0.2, 0) is 0 Å². The summed E-state index contributed by atoms with van der Waals surface area (Å²) in [6.07, 6.45) is 6.94. The highest BCUT2D eigenvalue weighted by Gasteiger charge is 2.23.